The third-order valence-corrected chi connectivity index (χ3v) is 13.7. The number of carboxylic acids is 1. The number of halogens is 2. The Morgan fingerprint density at radius 2 is 1.01 bits per heavy atom. The molecule has 4 heterocycles. The van der Waals surface area contributed by atoms with Crippen molar-refractivity contribution in [1.29, 1.82) is 0 Å². The van der Waals surface area contributed by atoms with Gasteiger partial charge in [-0.15, -0.1) is 0 Å². The van der Waals surface area contributed by atoms with E-state index in [0.717, 1.165) is 23.6 Å². The predicted octanol–water partition coefficient (Wildman–Crippen LogP) is 6.77. The van der Waals surface area contributed by atoms with E-state index in [9.17, 15) is 43.5 Å². The number of hydrogen-bond donors (Lipinski definition) is 5. The van der Waals surface area contributed by atoms with Crippen LogP contribution in [0.25, 0.3) is 11.1 Å². The SMILES string of the molecule is Cn1c(C(=O)Nc2cccc(-c3cccc(NC(=O)c4nc5c(n4C)CCN(CCCC(=O)OC(C)(C)C)C5)c3Cl)c2Cl)nc2c1CCN(CCCC(=O)N[C@@H](CC(=O)OC(C)(C)C)C(=O)N[C@@H](CC(=O)OC(C)(C)C)C(=O)O)C2. The predicted molar refractivity (Wildman–Crippen MR) is 299 cm³/mol. The topological polar surface area (TPSA) is 275 Å². The zero-order valence-electron chi connectivity index (χ0n) is 47.4. The minimum Gasteiger partial charge on any atom is -0.480 e. The number of carboxylic acid groups (broad SMARTS) is 1. The molecule has 2 aliphatic heterocycles. The summed E-state index contributed by atoms with van der Waals surface area (Å²) in [5, 5.41) is 20.8. The van der Waals surface area contributed by atoms with Gasteiger partial charge in [0.15, 0.2) is 11.6 Å². The van der Waals surface area contributed by atoms with Crippen molar-refractivity contribution in [3.05, 3.63) is 80.9 Å². The highest BCUT2D eigenvalue weighted by molar-refractivity contribution is 6.40. The number of benzene rings is 2. The number of nitrogens with one attached hydrogen (secondary N) is 4. The molecule has 2 aromatic heterocycles. The maximum absolute atomic E-state index is 13.9. The average Bonchev–Trinajstić information content (AvgIpc) is 3.85. The van der Waals surface area contributed by atoms with Gasteiger partial charge in [-0.25, -0.2) is 14.8 Å². The highest BCUT2D eigenvalue weighted by Crippen LogP contribution is 2.40. The fraction of sp³-hybridized carbons (Fsp3) is 0.536. The minimum absolute atomic E-state index is 0.0596. The lowest BCUT2D eigenvalue weighted by atomic mass is 10.0. The molecule has 0 aliphatic carbocycles. The molecule has 0 saturated heterocycles. The van der Waals surface area contributed by atoms with E-state index >= 15 is 0 Å². The zero-order valence-corrected chi connectivity index (χ0v) is 48.9. The number of rotatable bonds is 21. The lowest BCUT2D eigenvalue weighted by Gasteiger charge is -2.26. The number of aliphatic carboxylic acids is 1. The van der Waals surface area contributed by atoms with E-state index < -0.39 is 83.3 Å². The summed E-state index contributed by atoms with van der Waals surface area (Å²) in [6.07, 6.45) is 1.17. The minimum atomic E-state index is -1.70. The van der Waals surface area contributed by atoms with Gasteiger partial charge in [0.25, 0.3) is 11.8 Å². The van der Waals surface area contributed by atoms with Crippen LogP contribution in [0.1, 0.15) is 145 Å². The van der Waals surface area contributed by atoms with Crippen LogP contribution in [0.4, 0.5) is 11.4 Å². The lowest BCUT2D eigenvalue weighted by Crippen LogP contribution is -2.53. The standard InChI is InChI=1S/C56H74Cl2N10O12/c1-54(2,3)78-43(70)21-15-25-68-27-23-41-39(31-68)61-49(66(41)11)52(75)63-35-19-13-17-33(47(35)58)32-16-12-18-34(46(32)57)62-51(74)48-60-38-30-67(26-22-40(38)65(48)10)24-14-20-42(69)59-36(28-44(71)79-55(4,5)6)50(73)64-37(53(76)77)29-45(72)80-56(7,8)9/h12-13,16-19,36-37H,14-15,20-31H2,1-11H3,(H,59,69)(H,62,74)(H,63,75)(H,64,73)(H,76,77)/t36-,37-/m0/s1. The van der Waals surface area contributed by atoms with E-state index in [1.165, 1.54) is 0 Å². The highest BCUT2D eigenvalue weighted by Gasteiger charge is 2.34. The first kappa shape index (κ1) is 62.3. The number of anilines is 2. The van der Waals surface area contributed by atoms with Gasteiger partial charge in [-0.3, -0.25) is 43.4 Å². The number of nitrogens with zero attached hydrogens (tertiary/aromatic N) is 6. The first-order valence-corrected chi connectivity index (χ1v) is 27.3. The molecule has 0 saturated carbocycles. The first-order valence-electron chi connectivity index (χ1n) is 26.6. The molecule has 4 aromatic rings. The van der Waals surface area contributed by atoms with Gasteiger partial charge >= 0.3 is 23.9 Å². The summed E-state index contributed by atoms with van der Waals surface area (Å²) in [5.41, 5.74) is 2.56. The molecule has 0 unspecified atom stereocenters. The summed E-state index contributed by atoms with van der Waals surface area (Å²) in [7, 11) is 3.56. The molecule has 2 aliphatic rings. The van der Waals surface area contributed by atoms with Crippen molar-refractivity contribution in [2.75, 3.05) is 36.8 Å². The number of aromatic nitrogens is 4. The summed E-state index contributed by atoms with van der Waals surface area (Å²) in [6, 6.07) is 7.08. The van der Waals surface area contributed by atoms with Gasteiger partial charge in [0.05, 0.1) is 45.6 Å². The summed E-state index contributed by atoms with van der Waals surface area (Å²) < 4.78 is 19.6. The molecule has 6 rings (SSSR count). The molecule has 22 nitrogen and oxygen atoms in total. The molecule has 2 aromatic carbocycles. The Hall–Kier alpha value is -6.88. The fourth-order valence-electron chi connectivity index (χ4n) is 9.33. The van der Waals surface area contributed by atoms with Gasteiger partial charge in [0, 0.05) is 88.5 Å². The van der Waals surface area contributed by atoms with Crippen LogP contribution in [0.3, 0.4) is 0 Å². The molecule has 24 heteroatoms. The zero-order chi connectivity index (χ0) is 59.0. The molecule has 0 radical (unpaired) electrons. The molecule has 0 bridgehead atoms. The molecule has 0 spiro atoms. The summed E-state index contributed by atoms with van der Waals surface area (Å²) >= 11 is 14.0. The Kier molecular flexibility index (Phi) is 20.4. The van der Waals surface area contributed by atoms with E-state index in [0.29, 0.717) is 93.0 Å². The second-order valence-electron chi connectivity index (χ2n) is 23.0. The number of amides is 4. The van der Waals surface area contributed by atoms with Crippen molar-refractivity contribution < 1.29 is 57.7 Å². The van der Waals surface area contributed by atoms with Gasteiger partial charge in [-0.1, -0.05) is 47.5 Å². The Bertz CT molecular complexity index is 3010. The van der Waals surface area contributed by atoms with E-state index in [2.05, 4.69) is 31.1 Å². The van der Waals surface area contributed by atoms with Crippen LogP contribution in [0.2, 0.25) is 10.0 Å². The lowest BCUT2D eigenvalue weighted by molar-refractivity contribution is -0.159. The van der Waals surface area contributed by atoms with E-state index in [1.807, 2.05) is 27.8 Å². The smallest absolute Gasteiger partial charge is 0.326 e. The summed E-state index contributed by atoms with van der Waals surface area (Å²) in [5.74, 6) is -5.58. The van der Waals surface area contributed by atoms with Crippen LogP contribution in [-0.2, 0) is 83.0 Å². The van der Waals surface area contributed by atoms with Gasteiger partial charge in [0.1, 0.15) is 28.9 Å². The number of fused-ring (bicyclic) bond motifs is 2. The van der Waals surface area contributed by atoms with Crippen molar-refractivity contribution in [1.82, 2.24) is 39.5 Å². The van der Waals surface area contributed by atoms with Crippen LogP contribution in [-0.4, -0.2) is 137 Å². The van der Waals surface area contributed by atoms with Crippen LogP contribution in [0.15, 0.2) is 36.4 Å². The molecular formula is C56H74Cl2N10O12. The second kappa shape index (κ2) is 26.1. The molecule has 0 fully saturated rings. The number of carbonyl (C=O) groups is 8. The number of imidazole rings is 2. The number of carbonyl (C=O) groups excluding carboxylic acids is 7. The maximum atomic E-state index is 13.9. The Balaban J connectivity index is 1.04. The summed E-state index contributed by atoms with van der Waals surface area (Å²) in [6.45, 7) is 18.6. The van der Waals surface area contributed by atoms with Gasteiger partial charge in [-0.2, -0.15) is 0 Å². The van der Waals surface area contributed by atoms with E-state index in [1.54, 1.807) is 94.1 Å². The van der Waals surface area contributed by atoms with Crippen LogP contribution < -0.4 is 21.3 Å². The fourth-order valence-corrected chi connectivity index (χ4v) is 9.88. The second-order valence-corrected chi connectivity index (χ2v) is 23.7. The largest absolute Gasteiger partial charge is 0.480 e. The summed E-state index contributed by atoms with van der Waals surface area (Å²) in [4.78, 5) is 118. The number of esters is 3. The van der Waals surface area contributed by atoms with Crippen LogP contribution in [0.5, 0.6) is 0 Å². The van der Waals surface area contributed by atoms with Crippen molar-refractivity contribution in [3.63, 3.8) is 0 Å². The first-order chi connectivity index (χ1) is 37.4. The van der Waals surface area contributed by atoms with Crippen molar-refractivity contribution >= 4 is 82.1 Å². The average molecular weight is 1150 g/mol. The quantitative estimate of drug-likeness (QED) is 0.0425. The maximum Gasteiger partial charge on any atom is 0.326 e. The van der Waals surface area contributed by atoms with E-state index in [4.69, 9.17) is 47.4 Å². The van der Waals surface area contributed by atoms with Gasteiger partial charge in [-0.05, 0) is 100 Å². The Labute approximate surface area is 475 Å². The molecule has 2 atom stereocenters. The normalized spacial score (nSPS) is 14.7. The van der Waals surface area contributed by atoms with Crippen molar-refractivity contribution in [3.8, 4) is 11.1 Å². The number of ether oxygens (including phenoxy) is 3. The molecular weight excluding hydrogens is 1080 g/mol. The molecule has 80 heavy (non-hydrogen) atoms. The third kappa shape index (κ3) is 17.3. The molecule has 434 valence electrons. The highest BCUT2D eigenvalue weighted by atomic mass is 35.5. The van der Waals surface area contributed by atoms with Gasteiger partial charge in [0.2, 0.25) is 11.8 Å². The molecule has 4 amide bonds. The van der Waals surface area contributed by atoms with Crippen molar-refractivity contribution in [2.45, 2.75) is 156 Å². The third-order valence-electron chi connectivity index (χ3n) is 12.9. The van der Waals surface area contributed by atoms with Crippen LogP contribution in [0, 0.1) is 0 Å². The van der Waals surface area contributed by atoms with Gasteiger partial charge < -0.3 is 49.7 Å². The van der Waals surface area contributed by atoms with Crippen LogP contribution >= 0.6 is 23.2 Å². The number of hydrogen-bond acceptors (Lipinski definition) is 15. The molecule has 5 N–H and O–H groups in total. The monoisotopic (exact) mass is 1150 g/mol. The van der Waals surface area contributed by atoms with E-state index in [-0.39, 0.29) is 34.1 Å². The Morgan fingerprint density at radius 1 is 0.600 bits per heavy atom. The Morgan fingerprint density at radius 3 is 1.44 bits per heavy atom. The van der Waals surface area contributed by atoms with Crippen molar-refractivity contribution in [2.24, 2.45) is 14.1 Å².